The molecule has 45 heavy (non-hydrogen) atoms. The zero-order valence-corrected chi connectivity index (χ0v) is 27.2. The van der Waals surface area contributed by atoms with Crippen molar-refractivity contribution in [2.24, 2.45) is 4.99 Å². The second kappa shape index (κ2) is 12.9. The average molecular weight is 640 g/mol. The monoisotopic (exact) mass is 639 g/mol. The Morgan fingerprint density at radius 1 is 1.04 bits per heavy atom. The highest BCUT2D eigenvalue weighted by Crippen LogP contribution is 2.37. The summed E-state index contributed by atoms with van der Waals surface area (Å²) in [7, 11) is 1.59. The third kappa shape index (κ3) is 5.53. The van der Waals surface area contributed by atoms with Crippen molar-refractivity contribution in [1.29, 1.82) is 0 Å². The molecule has 1 aliphatic heterocycles. The minimum Gasteiger partial charge on any atom is -0.496 e. The van der Waals surface area contributed by atoms with E-state index in [9.17, 15) is 9.59 Å². The summed E-state index contributed by atoms with van der Waals surface area (Å²) in [5.74, 6) is 0.100. The molecule has 2 aromatic heterocycles. The van der Waals surface area contributed by atoms with Crippen molar-refractivity contribution in [2.75, 3.05) is 13.7 Å². The number of carbonyl (C=O) groups is 1. The van der Waals surface area contributed by atoms with Crippen LogP contribution in [0.1, 0.15) is 55.1 Å². The Hall–Kier alpha value is -4.40. The van der Waals surface area contributed by atoms with Crippen molar-refractivity contribution >= 4 is 45.9 Å². The van der Waals surface area contributed by atoms with Crippen molar-refractivity contribution in [2.45, 2.75) is 46.2 Å². The Kier molecular flexibility index (Phi) is 8.79. The summed E-state index contributed by atoms with van der Waals surface area (Å²) < 4.78 is 15.6. The summed E-state index contributed by atoms with van der Waals surface area (Å²) in [6.07, 6.45) is 3.30. The Bertz CT molecular complexity index is 2140. The maximum Gasteiger partial charge on any atom is 0.338 e. The number of fused-ring (bicyclic) bond motifs is 2. The highest BCUT2D eigenvalue weighted by atomic mass is 35.5. The molecule has 3 aromatic carbocycles. The molecule has 1 atom stereocenters. The highest BCUT2D eigenvalue weighted by molar-refractivity contribution is 7.07. The number of hydrogen-bond acceptors (Lipinski definition) is 6. The summed E-state index contributed by atoms with van der Waals surface area (Å²) in [6.45, 7) is 6.69. The van der Waals surface area contributed by atoms with Gasteiger partial charge in [-0.1, -0.05) is 90.9 Å². The lowest BCUT2D eigenvalue weighted by Gasteiger charge is -2.26. The maximum atomic E-state index is 14.4. The summed E-state index contributed by atoms with van der Waals surface area (Å²) in [5, 5.41) is 1.74. The first-order valence-corrected chi connectivity index (χ1v) is 16.2. The third-order valence-electron chi connectivity index (χ3n) is 8.17. The Labute approximate surface area is 270 Å². The Morgan fingerprint density at radius 2 is 1.78 bits per heavy atom. The summed E-state index contributed by atoms with van der Waals surface area (Å²) in [6, 6.07) is 22.8. The number of esters is 1. The normalized spacial score (nSPS) is 14.9. The zero-order chi connectivity index (χ0) is 31.7. The molecule has 0 N–H and O–H groups in total. The number of rotatable bonds is 9. The standard InChI is InChI=1S/C36H34ClN3O4S/c1-5-13-28-32(35(42)44-6-2)33(25-16-9-12-19-30(25)43-4)40-34(41)31(45-36(40)38-28)20-26-22(3)39(29-18-11-8-15-24(26)29)21-23-14-7-10-17-27(23)37/h7-12,14-20,33H,5-6,13,21H2,1-4H3/b31-20-/t33-/m0/s1. The van der Waals surface area contributed by atoms with E-state index >= 15 is 0 Å². The minimum absolute atomic E-state index is 0.211. The lowest BCUT2D eigenvalue weighted by Crippen LogP contribution is -2.40. The van der Waals surface area contributed by atoms with E-state index in [-0.39, 0.29) is 12.2 Å². The molecular formula is C36H34ClN3O4S. The van der Waals surface area contributed by atoms with Gasteiger partial charge in [-0.05, 0) is 50.1 Å². The van der Waals surface area contributed by atoms with Gasteiger partial charge in [-0.3, -0.25) is 9.36 Å². The van der Waals surface area contributed by atoms with Crippen molar-refractivity contribution in [3.05, 3.63) is 131 Å². The fraction of sp³-hybridized carbons (Fsp3) is 0.250. The van der Waals surface area contributed by atoms with Crippen LogP contribution in [0.3, 0.4) is 0 Å². The summed E-state index contributed by atoms with van der Waals surface area (Å²) in [5.41, 5.74) is 5.51. The summed E-state index contributed by atoms with van der Waals surface area (Å²) >= 11 is 7.88. The molecule has 0 saturated carbocycles. The molecule has 1 aliphatic rings. The number of allylic oxidation sites excluding steroid dienone is 1. The van der Waals surface area contributed by atoms with Crippen LogP contribution in [0.4, 0.5) is 0 Å². The van der Waals surface area contributed by atoms with Gasteiger partial charge in [-0.2, -0.15) is 0 Å². The number of hydrogen-bond donors (Lipinski definition) is 0. The van der Waals surface area contributed by atoms with Crippen LogP contribution < -0.4 is 19.6 Å². The van der Waals surface area contributed by atoms with Crippen LogP contribution in [0.2, 0.25) is 5.02 Å². The van der Waals surface area contributed by atoms with Gasteiger partial charge in [-0.25, -0.2) is 9.79 Å². The van der Waals surface area contributed by atoms with E-state index in [0.717, 1.165) is 34.1 Å². The van der Waals surface area contributed by atoms with Gasteiger partial charge >= 0.3 is 5.97 Å². The van der Waals surface area contributed by atoms with Gasteiger partial charge < -0.3 is 14.0 Å². The smallest absolute Gasteiger partial charge is 0.338 e. The van der Waals surface area contributed by atoms with Crippen LogP contribution >= 0.6 is 22.9 Å². The molecule has 0 amide bonds. The fourth-order valence-corrected chi connectivity index (χ4v) is 7.28. The second-order valence-electron chi connectivity index (χ2n) is 10.8. The van der Waals surface area contributed by atoms with Crippen LogP contribution in [-0.2, 0) is 16.1 Å². The maximum absolute atomic E-state index is 14.4. The first-order valence-electron chi connectivity index (χ1n) is 15.0. The molecule has 5 aromatic rings. The molecule has 0 bridgehead atoms. The van der Waals surface area contributed by atoms with Gasteiger partial charge in [0.15, 0.2) is 4.80 Å². The van der Waals surface area contributed by atoms with Crippen LogP contribution in [0.15, 0.2) is 93.9 Å². The number of ether oxygens (including phenoxy) is 2. The van der Waals surface area contributed by atoms with Crippen LogP contribution in [-0.4, -0.2) is 28.8 Å². The molecule has 0 radical (unpaired) electrons. The van der Waals surface area contributed by atoms with Crippen LogP contribution in [0.5, 0.6) is 5.75 Å². The fourth-order valence-electron chi connectivity index (χ4n) is 6.08. The number of methoxy groups -OCH3 is 1. The van der Waals surface area contributed by atoms with Gasteiger partial charge in [0.2, 0.25) is 0 Å². The van der Waals surface area contributed by atoms with Crippen LogP contribution in [0.25, 0.3) is 17.0 Å². The van der Waals surface area contributed by atoms with E-state index in [4.69, 9.17) is 26.1 Å². The molecule has 6 rings (SSSR count). The summed E-state index contributed by atoms with van der Waals surface area (Å²) in [4.78, 5) is 33.4. The molecule has 0 fully saturated rings. The molecule has 0 spiro atoms. The van der Waals surface area contributed by atoms with Crippen molar-refractivity contribution in [3.8, 4) is 5.75 Å². The van der Waals surface area contributed by atoms with E-state index in [2.05, 4.69) is 23.6 Å². The molecule has 3 heterocycles. The topological polar surface area (TPSA) is 74.8 Å². The predicted octanol–water partition coefficient (Wildman–Crippen LogP) is 6.55. The number of benzene rings is 3. The molecule has 7 nitrogen and oxygen atoms in total. The number of carbonyl (C=O) groups excluding carboxylic acids is 1. The highest BCUT2D eigenvalue weighted by Gasteiger charge is 2.36. The van der Waals surface area contributed by atoms with Crippen LogP contribution in [0, 0.1) is 6.92 Å². The number of aromatic nitrogens is 2. The molecule has 0 unspecified atom stereocenters. The number of thiazole rings is 1. The molecule has 230 valence electrons. The van der Waals surface area contributed by atoms with Crippen molar-refractivity contribution in [3.63, 3.8) is 0 Å². The van der Waals surface area contributed by atoms with Gasteiger partial charge in [0.25, 0.3) is 5.56 Å². The minimum atomic E-state index is -0.747. The largest absolute Gasteiger partial charge is 0.496 e. The van der Waals surface area contributed by atoms with E-state index in [1.807, 2.05) is 73.7 Å². The lowest BCUT2D eigenvalue weighted by molar-refractivity contribution is -0.139. The SMILES string of the molecule is CCCC1=C(C(=O)OCC)[C@H](c2ccccc2OC)n2c(s/c(=C\c3c(C)n(Cc4ccccc4Cl)c4ccccc34)c2=O)=N1. The van der Waals surface area contributed by atoms with E-state index in [0.29, 0.717) is 49.9 Å². The van der Waals surface area contributed by atoms with Crippen molar-refractivity contribution < 1.29 is 14.3 Å². The van der Waals surface area contributed by atoms with Crippen molar-refractivity contribution in [1.82, 2.24) is 9.13 Å². The van der Waals surface area contributed by atoms with E-state index in [1.54, 1.807) is 18.6 Å². The first kappa shape index (κ1) is 30.6. The quantitative estimate of drug-likeness (QED) is 0.171. The number of para-hydroxylation sites is 2. The first-order chi connectivity index (χ1) is 21.9. The van der Waals surface area contributed by atoms with E-state index < -0.39 is 12.0 Å². The van der Waals surface area contributed by atoms with Gasteiger partial charge in [0.1, 0.15) is 11.8 Å². The van der Waals surface area contributed by atoms with E-state index in [1.165, 1.54) is 11.3 Å². The van der Waals surface area contributed by atoms with Gasteiger partial charge in [-0.15, -0.1) is 0 Å². The molecular weight excluding hydrogens is 606 g/mol. The zero-order valence-electron chi connectivity index (χ0n) is 25.7. The molecule has 9 heteroatoms. The number of nitrogens with zero attached hydrogens (tertiary/aromatic N) is 3. The Balaban J connectivity index is 1.59. The molecule has 0 saturated heterocycles. The Morgan fingerprint density at radius 3 is 2.53 bits per heavy atom. The average Bonchev–Trinajstić information content (AvgIpc) is 3.50. The second-order valence-corrected chi connectivity index (χ2v) is 12.3. The molecule has 0 aliphatic carbocycles. The van der Waals surface area contributed by atoms with Gasteiger partial charge in [0, 0.05) is 39.3 Å². The third-order valence-corrected chi connectivity index (χ3v) is 9.52. The predicted molar refractivity (Wildman–Crippen MR) is 180 cm³/mol. The number of halogens is 1. The van der Waals surface area contributed by atoms with Gasteiger partial charge in [0.05, 0.1) is 29.5 Å². The lowest BCUT2D eigenvalue weighted by atomic mass is 9.93.